The molecule has 0 unspecified atom stereocenters. The predicted molar refractivity (Wildman–Crippen MR) is 56.8 cm³/mol. The molecule has 0 saturated carbocycles. The highest BCUT2D eigenvalue weighted by molar-refractivity contribution is 5.95. The Balaban J connectivity index is 2.82. The maximum absolute atomic E-state index is 10.5. The molecule has 0 heterocycles. The van der Waals surface area contributed by atoms with E-state index in [1.165, 1.54) is 0 Å². The van der Waals surface area contributed by atoms with Gasteiger partial charge in [-0.2, -0.15) is 0 Å². The van der Waals surface area contributed by atoms with Crippen molar-refractivity contribution < 1.29 is 9.90 Å². The average Bonchev–Trinajstić information content (AvgIpc) is 2.18. The van der Waals surface area contributed by atoms with Crippen LogP contribution in [0.3, 0.4) is 0 Å². The molecule has 0 aliphatic carbocycles. The topological polar surface area (TPSA) is 113 Å². The first kappa shape index (κ1) is 11.2. The van der Waals surface area contributed by atoms with Gasteiger partial charge in [0.05, 0.1) is 0 Å². The number of aliphatic carboxylic acids is 1. The molecule has 6 N–H and O–H groups in total. The van der Waals surface area contributed by atoms with Gasteiger partial charge < -0.3 is 16.6 Å². The number of hydrogen-bond donors (Lipinski definition) is 4. The highest BCUT2D eigenvalue weighted by Crippen LogP contribution is 2.06. The van der Waals surface area contributed by atoms with E-state index in [1.807, 2.05) is 0 Å². The van der Waals surface area contributed by atoms with Crippen LogP contribution in [0.2, 0.25) is 0 Å². The molecule has 5 heteroatoms. The van der Waals surface area contributed by atoms with Crippen LogP contribution in [0.25, 0.3) is 0 Å². The zero-order chi connectivity index (χ0) is 11.4. The molecule has 0 radical (unpaired) electrons. The summed E-state index contributed by atoms with van der Waals surface area (Å²) in [4.78, 5) is 10.5. The molecule has 0 fully saturated rings. The van der Waals surface area contributed by atoms with Crippen LogP contribution >= 0.6 is 0 Å². The number of benzene rings is 1. The first-order valence-electron chi connectivity index (χ1n) is 4.42. The van der Waals surface area contributed by atoms with Crippen molar-refractivity contribution in [1.82, 2.24) is 0 Å². The number of nitrogens with one attached hydrogen (secondary N) is 1. The Hall–Kier alpha value is -1.88. The number of hydrogen-bond acceptors (Lipinski definition) is 3. The van der Waals surface area contributed by atoms with Crippen molar-refractivity contribution in [2.75, 3.05) is 0 Å². The Labute approximate surface area is 87.2 Å². The third-order valence-electron chi connectivity index (χ3n) is 2.01. The minimum Gasteiger partial charge on any atom is -0.480 e. The van der Waals surface area contributed by atoms with Gasteiger partial charge >= 0.3 is 5.97 Å². The number of carboxylic acids is 1. The summed E-state index contributed by atoms with van der Waals surface area (Å²) in [6, 6.07) is 5.92. The quantitative estimate of drug-likeness (QED) is 0.408. The summed E-state index contributed by atoms with van der Waals surface area (Å²) >= 11 is 0. The Morgan fingerprint density at radius 1 is 1.53 bits per heavy atom. The second-order valence-electron chi connectivity index (χ2n) is 3.26. The molecular weight excluding hydrogens is 194 g/mol. The minimum absolute atomic E-state index is 0.0410. The minimum atomic E-state index is -1.04. The van der Waals surface area contributed by atoms with Gasteiger partial charge in [0.1, 0.15) is 11.9 Å². The summed E-state index contributed by atoms with van der Waals surface area (Å²) < 4.78 is 0. The fourth-order valence-electron chi connectivity index (χ4n) is 1.21. The van der Waals surface area contributed by atoms with Crippen molar-refractivity contribution in [3.05, 3.63) is 35.4 Å². The van der Waals surface area contributed by atoms with Gasteiger partial charge in [0, 0.05) is 5.56 Å². The van der Waals surface area contributed by atoms with Gasteiger partial charge in [0.2, 0.25) is 0 Å². The van der Waals surface area contributed by atoms with Gasteiger partial charge in [0.25, 0.3) is 0 Å². The van der Waals surface area contributed by atoms with Crippen LogP contribution in [-0.4, -0.2) is 23.0 Å². The van der Waals surface area contributed by atoms with Crippen molar-refractivity contribution >= 4 is 11.8 Å². The van der Waals surface area contributed by atoms with E-state index in [2.05, 4.69) is 0 Å². The summed E-state index contributed by atoms with van der Waals surface area (Å²) in [6.45, 7) is 0. The van der Waals surface area contributed by atoms with Crippen molar-refractivity contribution in [3.63, 3.8) is 0 Å². The van der Waals surface area contributed by atoms with E-state index in [0.717, 1.165) is 5.56 Å². The van der Waals surface area contributed by atoms with Gasteiger partial charge in [-0.3, -0.25) is 10.2 Å². The highest BCUT2D eigenvalue weighted by Gasteiger charge is 2.12. The maximum Gasteiger partial charge on any atom is 0.320 e. The van der Waals surface area contributed by atoms with Gasteiger partial charge in [-0.15, -0.1) is 0 Å². The smallest absolute Gasteiger partial charge is 0.320 e. The monoisotopic (exact) mass is 207 g/mol. The van der Waals surface area contributed by atoms with Gasteiger partial charge in [-0.05, 0) is 18.1 Å². The average molecular weight is 207 g/mol. The van der Waals surface area contributed by atoms with Crippen LogP contribution in [0.4, 0.5) is 0 Å². The van der Waals surface area contributed by atoms with E-state index >= 15 is 0 Å². The highest BCUT2D eigenvalue weighted by atomic mass is 16.4. The Kier molecular flexibility index (Phi) is 3.41. The number of rotatable bonds is 4. The summed E-state index contributed by atoms with van der Waals surface area (Å²) in [5.41, 5.74) is 12.0. The van der Waals surface area contributed by atoms with Crippen molar-refractivity contribution in [2.45, 2.75) is 12.5 Å². The molecule has 1 atom stereocenters. The van der Waals surface area contributed by atoms with Crippen molar-refractivity contribution in [1.29, 1.82) is 5.41 Å². The zero-order valence-corrected chi connectivity index (χ0v) is 8.10. The van der Waals surface area contributed by atoms with Crippen LogP contribution in [0.1, 0.15) is 11.1 Å². The lowest BCUT2D eigenvalue weighted by Gasteiger charge is -2.07. The SMILES string of the molecule is N=C(N)c1cccc(C[C@H](N)C(=O)O)c1. The molecular formula is C10H13N3O2. The Bertz CT molecular complexity index is 390. The summed E-state index contributed by atoms with van der Waals surface area (Å²) in [5.74, 6) is -1.08. The molecule has 0 bridgehead atoms. The van der Waals surface area contributed by atoms with Crippen molar-refractivity contribution in [3.8, 4) is 0 Å². The summed E-state index contributed by atoms with van der Waals surface area (Å²) in [6.07, 6.45) is 0.233. The normalized spacial score (nSPS) is 12.1. The van der Waals surface area contributed by atoms with Crippen LogP contribution < -0.4 is 11.5 Å². The second-order valence-corrected chi connectivity index (χ2v) is 3.26. The lowest BCUT2D eigenvalue weighted by molar-refractivity contribution is -0.138. The van der Waals surface area contributed by atoms with E-state index in [-0.39, 0.29) is 12.3 Å². The molecule has 0 aliphatic heterocycles. The lowest BCUT2D eigenvalue weighted by Crippen LogP contribution is -2.32. The van der Waals surface area contributed by atoms with Gasteiger partial charge in [-0.25, -0.2) is 0 Å². The molecule has 80 valence electrons. The molecule has 15 heavy (non-hydrogen) atoms. The van der Waals surface area contributed by atoms with E-state index in [9.17, 15) is 4.79 Å². The molecule has 0 saturated heterocycles. The van der Waals surface area contributed by atoms with Gasteiger partial charge in [0.15, 0.2) is 0 Å². The predicted octanol–water partition coefficient (Wildman–Crippen LogP) is -0.0749. The Morgan fingerprint density at radius 3 is 2.73 bits per heavy atom. The van der Waals surface area contributed by atoms with Gasteiger partial charge in [-0.1, -0.05) is 18.2 Å². The van der Waals surface area contributed by atoms with E-state index in [1.54, 1.807) is 24.3 Å². The third kappa shape index (κ3) is 3.07. The fourth-order valence-corrected chi connectivity index (χ4v) is 1.21. The van der Waals surface area contributed by atoms with Crippen LogP contribution in [0.5, 0.6) is 0 Å². The first-order chi connectivity index (χ1) is 7.00. The van der Waals surface area contributed by atoms with Crippen molar-refractivity contribution in [2.24, 2.45) is 11.5 Å². The molecule has 0 amide bonds. The number of carboxylic acid groups (broad SMARTS) is 1. The number of carbonyl (C=O) groups is 1. The number of amidine groups is 1. The lowest BCUT2D eigenvalue weighted by atomic mass is 10.0. The molecule has 5 nitrogen and oxygen atoms in total. The van der Waals surface area contributed by atoms with Crippen LogP contribution in [-0.2, 0) is 11.2 Å². The van der Waals surface area contributed by atoms with Crippen LogP contribution in [0.15, 0.2) is 24.3 Å². The van der Waals surface area contributed by atoms with E-state index in [4.69, 9.17) is 22.0 Å². The largest absolute Gasteiger partial charge is 0.480 e. The van der Waals surface area contributed by atoms with E-state index < -0.39 is 12.0 Å². The fraction of sp³-hybridized carbons (Fsp3) is 0.200. The summed E-state index contributed by atoms with van der Waals surface area (Å²) in [7, 11) is 0. The molecule has 1 aromatic rings. The molecule has 1 rings (SSSR count). The molecule has 1 aromatic carbocycles. The second kappa shape index (κ2) is 4.56. The summed E-state index contributed by atoms with van der Waals surface area (Å²) in [5, 5.41) is 15.9. The van der Waals surface area contributed by atoms with E-state index in [0.29, 0.717) is 5.56 Å². The third-order valence-corrected chi connectivity index (χ3v) is 2.01. The Morgan fingerprint density at radius 2 is 2.20 bits per heavy atom. The number of nitrogen functional groups attached to an aromatic ring is 1. The zero-order valence-electron chi connectivity index (χ0n) is 8.10. The molecule has 0 aliphatic rings. The molecule has 0 aromatic heterocycles. The first-order valence-corrected chi connectivity index (χ1v) is 4.42. The van der Waals surface area contributed by atoms with Crippen LogP contribution in [0, 0.1) is 5.41 Å². The molecule has 0 spiro atoms. The standard InChI is InChI=1S/C10H13N3O2/c11-8(10(14)15)5-6-2-1-3-7(4-6)9(12)13/h1-4,8H,5,11H2,(H3,12,13)(H,14,15)/t8-/m0/s1. The number of nitrogens with two attached hydrogens (primary N) is 2. The maximum atomic E-state index is 10.5.